The summed E-state index contributed by atoms with van der Waals surface area (Å²) in [4.78, 5) is 15.6. The van der Waals surface area contributed by atoms with Gasteiger partial charge in [0, 0.05) is 29.7 Å². The van der Waals surface area contributed by atoms with Crippen molar-refractivity contribution < 1.29 is 17.9 Å². The normalized spacial score (nSPS) is 12.8. The third-order valence-electron chi connectivity index (χ3n) is 3.97. The summed E-state index contributed by atoms with van der Waals surface area (Å²) < 4.78 is 32.1. The molecule has 8 heteroatoms. The molecule has 0 bridgehead atoms. The van der Waals surface area contributed by atoms with Gasteiger partial charge in [0.1, 0.15) is 5.69 Å². The van der Waals surface area contributed by atoms with E-state index in [2.05, 4.69) is 15.0 Å². The van der Waals surface area contributed by atoms with Crippen molar-refractivity contribution in [2.24, 2.45) is 0 Å². The van der Waals surface area contributed by atoms with Gasteiger partial charge < -0.3 is 15.0 Å². The van der Waals surface area contributed by atoms with Crippen LogP contribution in [0.5, 0.6) is 0 Å². The van der Waals surface area contributed by atoms with E-state index in [1.54, 1.807) is 25.1 Å². The Balaban J connectivity index is 1.70. The Hall–Kier alpha value is -2.68. The second kappa shape index (κ2) is 7.91. The molecule has 0 saturated carbocycles. The van der Waals surface area contributed by atoms with Crippen LogP contribution in [0.25, 0.3) is 10.9 Å². The number of anilines is 1. The van der Waals surface area contributed by atoms with Gasteiger partial charge in [0.15, 0.2) is 0 Å². The molecule has 142 valence electrons. The van der Waals surface area contributed by atoms with Gasteiger partial charge in [0.05, 0.1) is 11.5 Å². The van der Waals surface area contributed by atoms with Gasteiger partial charge >= 0.3 is 0 Å². The van der Waals surface area contributed by atoms with Crippen LogP contribution < -0.4 is 10.0 Å². The largest absolute Gasteiger partial charge is 0.383 e. The molecule has 0 saturated heterocycles. The maximum atomic E-state index is 12.4. The molecule has 3 aromatic rings. The molecule has 1 heterocycles. The Morgan fingerprint density at radius 2 is 1.85 bits per heavy atom. The average molecular weight is 387 g/mol. The van der Waals surface area contributed by atoms with Gasteiger partial charge in [0.25, 0.3) is 5.91 Å². The molecule has 27 heavy (non-hydrogen) atoms. The van der Waals surface area contributed by atoms with Crippen LogP contribution in [0.1, 0.15) is 17.4 Å². The highest BCUT2D eigenvalue weighted by Crippen LogP contribution is 2.18. The summed E-state index contributed by atoms with van der Waals surface area (Å²) in [6, 6.07) is 15.0. The second-order valence-electron chi connectivity index (χ2n) is 6.23. The Labute approximate surface area is 157 Å². The number of benzene rings is 2. The van der Waals surface area contributed by atoms with Gasteiger partial charge in [0.2, 0.25) is 10.0 Å². The van der Waals surface area contributed by atoms with E-state index in [9.17, 15) is 13.2 Å². The third-order valence-corrected chi connectivity index (χ3v) is 5.58. The van der Waals surface area contributed by atoms with E-state index in [1.807, 2.05) is 24.3 Å². The lowest BCUT2D eigenvalue weighted by Crippen LogP contribution is -2.35. The van der Waals surface area contributed by atoms with Gasteiger partial charge in [-0.05, 0) is 43.3 Å². The molecule has 0 aliphatic heterocycles. The first-order valence-electron chi connectivity index (χ1n) is 8.39. The predicted molar refractivity (Wildman–Crippen MR) is 104 cm³/mol. The molecule has 0 spiro atoms. The lowest BCUT2D eigenvalue weighted by molar-refractivity contribution is 0.102. The first-order valence-corrected chi connectivity index (χ1v) is 9.88. The number of H-pyrrole nitrogens is 1. The molecule has 3 rings (SSSR count). The highest BCUT2D eigenvalue weighted by atomic mass is 32.2. The van der Waals surface area contributed by atoms with Crippen LogP contribution >= 0.6 is 0 Å². The van der Waals surface area contributed by atoms with E-state index in [4.69, 9.17) is 4.74 Å². The van der Waals surface area contributed by atoms with Gasteiger partial charge in [-0.25, -0.2) is 13.1 Å². The number of carbonyl (C=O) groups is 1. The van der Waals surface area contributed by atoms with E-state index in [-0.39, 0.29) is 23.5 Å². The number of aromatic nitrogens is 1. The summed E-state index contributed by atoms with van der Waals surface area (Å²) in [7, 11) is -2.14. The number of carbonyl (C=O) groups excluding carboxylic acids is 1. The minimum absolute atomic E-state index is 0.120. The molecule has 0 aliphatic rings. The van der Waals surface area contributed by atoms with Crippen molar-refractivity contribution >= 4 is 32.5 Å². The number of hydrogen-bond donors (Lipinski definition) is 3. The van der Waals surface area contributed by atoms with Crippen LogP contribution in [0.3, 0.4) is 0 Å². The van der Waals surface area contributed by atoms with E-state index >= 15 is 0 Å². The van der Waals surface area contributed by atoms with E-state index in [0.29, 0.717) is 11.4 Å². The maximum Gasteiger partial charge on any atom is 0.272 e. The minimum atomic E-state index is -3.65. The van der Waals surface area contributed by atoms with Crippen molar-refractivity contribution in [2.75, 3.05) is 19.0 Å². The monoisotopic (exact) mass is 387 g/mol. The van der Waals surface area contributed by atoms with E-state index < -0.39 is 10.0 Å². The first-order chi connectivity index (χ1) is 12.9. The molecule has 1 atom stereocenters. The number of nitrogens with one attached hydrogen (secondary N) is 3. The number of aromatic amines is 1. The molecule has 1 amide bonds. The number of ether oxygens (including phenoxy) is 1. The van der Waals surface area contributed by atoms with Crippen molar-refractivity contribution in [3.63, 3.8) is 0 Å². The molecular weight excluding hydrogens is 366 g/mol. The van der Waals surface area contributed by atoms with Crippen molar-refractivity contribution in [2.45, 2.75) is 17.9 Å². The number of para-hydroxylation sites is 1. The molecule has 7 nitrogen and oxygen atoms in total. The zero-order valence-electron chi connectivity index (χ0n) is 15.0. The molecule has 1 unspecified atom stereocenters. The van der Waals surface area contributed by atoms with Crippen LogP contribution in [0, 0.1) is 0 Å². The second-order valence-corrected chi connectivity index (χ2v) is 7.94. The fourth-order valence-electron chi connectivity index (χ4n) is 2.73. The van der Waals surface area contributed by atoms with Crippen molar-refractivity contribution in [3.05, 3.63) is 60.3 Å². The number of fused-ring (bicyclic) bond motifs is 1. The summed E-state index contributed by atoms with van der Waals surface area (Å²) in [5.41, 5.74) is 1.81. The summed E-state index contributed by atoms with van der Waals surface area (Å²) in [6.45, 7) is 1.99. The zero-order chi connectivity index (χ0) is 19.4. The van der Waals surface area contributed by atoms with Gasteiger partial charge in [-0.2, -0.15) is 0 Å². The van der Waals surface area contributed by atoms with Gasteiger partial charge in [-0.3, -0.25) is 4.79 Å². The summed E-state index contributed by atoms with van der Waals surface area (Å²) in [5, 5.41) is 3.70. The average Bonchev–Trinajstić information content (AvgIpc) is 3.06. The van der Waals surface area contributed by atoms with Crippen LogP contribution in [0.2, 0.25) is 0 Å². The molecule has 2 aromatic carbocycles. The quantitative estimate of drug-likeness (QED) is 0.580. The molecule has 0 radical (unpaired) electrons. The molecule has 1 aromatic heterocycles. The highest BCUT2D eigenvalue weighted by molar-refractivity contribution is 7.89. The summed E-state index contributed by atoms with van der Waals surface area (Å²) in [5.74, 6) is -0.298. The lowest BCUT2D eigenvalue weighted by atomic mass is 10.2. The summed E-state index contributed by atoms with van der Waals surface area (Å²) >= 11 is 0. The zero-order valence-corrected chi connectivity index (χ0v) is 15.8. The standard InChI is InChI=1S/C19H21N3O4S/c1-13(12-26-2)22-27(24,25)16-9-7-15(8-10-16)20-19(23)18-11-14-5-3-4-6-17(14)21-18/h3-11,13,21-22H,12H2,1-2H3,(H,20,23). The van der Waals surface area contributed by atoms with E-state index in [1.165, 1.54) is 19.2 Å². The van der Waals surface area contributed by atoms with Crippen LogP contribution in [0.4, 0.5) is 5.69 Å². The number of sulfonamides is 1. The van der Waals surface area contributed by atoms with Crippen LogP contribution in [-0.2, 0) is 14.8 Å². The Kier molecular flexibility index (Phi) is 5.59. The smallest absolute Gasteiger partial charge is 0.272 e. The Morgan fingerprint density at radius 1 is 1.15 bits per heavy atom. The van der Waals surface area contributed by atoms with Crippen LogP contribution in [0.15, 0.2) is 59.5 Å². The summed E-state index contributed by atoms with van der Waals surface area (Å²) in [6.07, 6.45) is 0. The fourth-order valence-corrected chi connectivity index (χ4v) is 3.96. The Morgan fingerprint density at radius 3 is 2.52 bits per heavy atom. The minimum Gasteiger partial charge on any atom is -0.383 e. The topological polar surface area (TPSA) is 100 Å². The number of hydrogen-bond acceptors (Lipinski definition) is 4. The van der Waals surface area contributed by atoms with Gasteiger partial charge in [-0.1, -0.05) is 18.2 Å². The molecular formula is C19H21N3O4S. The lowest BCUT2D eigenvalue weighted by Gasteiger charge is -2.13. The SMILES string of the molecule is COCC(C)NS(=O)(=O)c1ccc(NC(=O)c2cc3ccccc3[nH]2)cc1. The maximum absolute atomic E-state index is 12.4. The number of amides is 1. The van der Waals surface area contributed by atoms with E-state index in [0.717, 1.165) is 10.9 Å². The highest BCUT2D eigenvalue weighted by Gasteiger charge is 2.17. The fraction of sp³-hybridized carbons (Fsp3) is 0.211. The predicted octanol–water partition coefficient (Wildman–Crippen LogP) is 2.73. The van der Waals surface area contributed by atoms with Gasteiger partial charge in [-0.15, -0.1) is 0 Å². The van der Waals surface area contributed by atoms with Crippen molar-refractivity contribution in [1.82, 2.24) is 9.71 Å². The third kappa shape index (κ3) is 4.54. The number of methoxy groups -OCH3 is 1. The van der Waals surface area contributed by atoms with Crippen molar-refractivity contribution in [1.29, 1.82) is 0 Å². The number of rotatable bonds is 7. The molecule has 0 aliphatic carbocycles. The van der Waals surface area contributed by atoms with Crippen LogP contribution in [-0.4, -0.2) is 39.1 Å². The molecule has 0 fully saturated rings. The van der Waals surface area contributed by atoms with Crippen molar-refractivity contribution in [3.8, 4) is 0 Å². The first kappa shape index (κ1) is 19.1. The molecule has 3 N–H and O–H groups in total. The Bertz CT molecular complexity index is 1010.